The zero-order valence-electron chi connectivity index (χ0n) is 12.9. The van der Waals surface area contributed by atoms with Crippen molar-refractivity contribution in [2.75, 3.05) is 11.9 Å². The minimum Gasteiger partial charge on any atom is -0.491 e. The summed E-state index contributed by atoms with van der Waals surface area (Å²) in [6.07, 6.45) is 5.12. The summed E-state index contributed by atoms with van der Waals surface area (Å²) < 4.78 is 18.9. The van der Waals surface area contributed by atoms with Crippen LogP contribution in [-0.2, 0) is 4.79 Å². The summed E-state index contributed by atoms with van der Waals surface area (Å²) in [6, 6.07) is 5.71. The highest BCUT2D eigenvalue weighted by molar-refractivity contribution is 5.90. The van der Waals surface area contributed by atoms with Crippen LogP contribution in [0.3, 0.4) is 0 Å². The van der Waals surface area contributed by atoms with E-state index in [1.807, 2.05) is 0 Å². The maximum absolute atomic E-state index is 13.8. The molecule has 5 heteroatoms. The minimum absolute atomic E-state index is 0.0325. The van der Waals surface area contributed by atoms with E-state index in [0.29, 0.717) is 36.7 Å². The van der Waals surface area contributed by atoms with E-state index in [4.69, 9.17) is 4.74 Å². The van der Waals surface area contributed by atoms with Crippen molar-refractivity contribution in [2.45, 2.75) is 51.1 Å². The summed E-state index contributed by atoms with van der Waals surface area (Å²) in [7, 11) is 0. The Kier molecular flexibility index (Phi) is 4.62. The Hall–Kier alpha value is -1.62. The Balaban J connectivity index is 1.54. The lowest BCUT2D eigenvalue weighted by Crippen LogP contribution is -2.39. The van der Waals surface area contributed by atoms with Gasteiger partial charge in [0.25, 0.3) is 0 Å². The molecule has 2 fully saturated rings. The molecule has 1 aromatic carbocycles. The molecule has 2 atom stereocenters. The number of halogens is 1. The van der Waals surface area contributed by atoms with E-state index in [1.54, 1.807) is 19.1 Å². The van der Waals surface area contributed by atoms with Gasteiger partial charge in [0.05, 0.1) is 6.61 Å². The molecular weight excluding hydrogens is 283 g/mol. The van der Waals surface area contributed by atoms with Crippen molar-refractivity contribution in [2.24, 2.45) is 5.92 Å². The van der Waals surface area contributed by atoms with E-state index in [1.165, 1.54) is 18.9 Å². The normalized spacial score (nSPS) is 26.7. The van der Waals surface area contributed by atoms with Crippen molar-refractivity contribution >= 4 is 11.6 Å². The molecule has 2 N–H and O–H groups in total. The van der Waals surface area contributed by atoms with Crippen molar-refractivity contribution in [3.63, 3.8) is 0 Å². The fourth-order valence-corrected chi connectivity index (χ4v) is 3.67. The molecule has 0 saturated carbocycles. The molecule has 2 aliphatic heterocycles. The van der Waals surface area contributed by atoms with Crippen LogP contribution >= 0.6 is 0 Å². The van der Waals surface area contributed by atoms with E-state index < -0.39 is 5.82 Å². The number of hydrogen-bond donors (Lipinski definition) is 2. The van der Waals surface area contributed by atoms with Gasteiger partial charge in [-0.1, -0.05) is 0 Å². The van der Waals surface area contributed by atoms with Gasteiger partial charge < -0.3 is 15.4 Å². The lowest BCUT2D eigenvalue weighted by molar-refractivity contribution is -0.117. The highest BCUT2D eigenvalue weighted by Gasteiger charge is 2.34. The molecule has 0 radical (unpaired) electrons. The van der Waals surface area contributed by atoms with Crippen molar-refractivity contribution in [3.8, 4) is 5.75 Å². The summed E-state index contributed by atoms with van der Waals surface area (Å²) in [4.78, 5) is 12.2. The molecule has 120 valence electrons. The molecule has 4 nitrogen and oxygen atoms in total. The fraction of sp³-hybridized carbons (Fsp3) is 0.588. The zero-order valence-corrected chi connectivity index (χ0v) is 12.9. The van der Waals surface area contributed by atoms with Crippen LogP contribution in [-0.4, -0.2) is 24.6 Å². The molecule has 2 saturated heterocycles. The molecule has 22 heavy (non-hydrogen) atoms. The van der Waals surface area contributed by atoms with Gasteiger partial charge in [-0.15, -0.1) is 0 Å². The number of hydrogen-bond acceptors (Lipinski definition) is 3. The third-order valence-electron chi connectivity index (χ3n) is 4.56. The molecule has 0 aliphatic carbocycles. The van der Waals surface area contributed by atoms with Gasteiger partial charge in [-0.3, -0.25) is 4.79 Å². The van der Waals surface area contributed by atoms with Crippen molar-refractivity contribution < 1.29 is 13.9 Å². The number of anilines is 1. The maximum Gasteiger partial charge on any atom is 0.224 e. The molecule has 2 unspecified atom stereocenters. The molecule has 2 aliphatic rings. The minimum atomic E-state index is -0.445. The predicted octanol–water partition coefficient (Wildman–Crippen LogP) is 3.08. The molecule has 0 spiro atoms. The van der Waals surface area contributed by atoms with Crippen molar-refractivity contribution in [3.05, 3.63) is 24.0 Å². The fourth-order valence-electron chi connectivity index (χ4n) is 3.67. The third kappa shape index (κ3) is 3.58. The number of rotatable bonds is 5. The van der Waals surface area contributed by atoms with Gasteiger partial charge in [-0.25, -0.2) is 4.39 Å². The third-order valence-corrected chi connectivity index (χ3v) is 4.56. The van der Waals surface area contributed by atoms with E-state index in [-0.39, 0.29) is 11.7 Å². The molecule has 1 amide bonds. The number of ether oxygens (including phenoxy) is 1. The molecule has 2 heterocycles. The van der Waals surface area contributed by atoms with Crippen molar-refractivity contribution in [1.82, 2.24) is 5.32 Å². The average molecular weight is 306 g/mol. The Morgan fingerprint density at radius 3 is 2.73 bits per heavy atom. The van der Waals surface area contributed by atoms with Gasteiger partial charge in [0, 0.05) is 30.3 Å². The Bertz CT molecular complexity index is 537. The van der Waals surface area contributed by atoms with Crippen LogP contribution < -0.4 is 15.4 Å². The van der Waals surface area contributed by atoms with Gasteiger partial charge in [-0.05, 0) is 50.7 Å². The van der Waals surface area contributed by atoms with E-state index in [9.17, 15) is 9.18 Å². The predicted molar refractivity (Wildman–Crippen MR) is 83.5 cm³/mol. The van der Waals surface area contributed by atoms with Gasteiger partial charge in [0.15, 0.2) is 11.6 Å². The first-order chi connectivity index (χ1) is 10.6. The smallest absolute Gasteiger partial charge is 0.224 e. The largest absolute Gasteiger partial charge is 0.491 e. The summed E-state index contributed by atoms with van der Waals surface area (Å²) in [5, 5.41) is 6.37. The van der Waals surface area contributed by atoms with Crippen LogP contribution in [0.2, 0.25) is 0 Å². The van der Waals surface area contributed by atoms with Crippen LogP contribution in [0.5, 0.6) is 5.75 Å². The topological polar surface area (TPSA) is 50.4 Å². The number of benzene rings is 1. The second-order valence-electron chi connectivity index (χ2n) is 6.31. The van der Waals surface area contributed by atoms with E-state index in [2.05, 4.69) is 10.6 Å². The number of nitrogens with one attached hydrogen (secondary N) is 2. The average Bonchev–Trinajstić information content (AvgIpc) is 2.81. The summed E-state index contributed by atoms with van der Waals surface area (Å²) in [5.74, 6) is 0.177. The first kappa shape index (κ1) is 15.3. The second kappa shape index (κ2) is 6.65. The maximum atomic E-state index is 13.8. The van der Waals surface area contributed by atoms with Crippen molar-refractivity contribution in [1.29, 1.82) is 0 Å². The molecule has 2 bridgehead atoms. The summed E-state index contributed by atoms with van der Waals surface area (Å²) in [6.45, 7) is 2.22. The number of fused-ring (bicyclic) bond motifs is 2. The van der Waals surface area contributed by atoms with Crippen LogP contribution in [0, 0.1) is 11.7 Å². The monoisotopic (exact) mass is 306 g/mol. The first-order valence-electron chi connectivity index (χ1n) is 8.12. The summed E-state index contributed by atoms with van der Waals surface area (Å²) in [5.41, 5.74) is 0.489. The Labute approximate surface area is 130 Å². The van der Waals surface area contributed by atoms with Gasteiger partial charge >= 0.3 is 0 Å². The van der Waals surface area contributed by atoms with Gasteiger partial charge in [-0.2, -0.15) is 0 Å². The standard InChI is InChI=1S/C17H23FN2O2/c1-2-22-16-6-5-14(10-15(16)18)20-17(21)9-11-7-12-3-4-13(8-11)19-12/h5-6,10-13,19H,2-4,7-9H2,1H3,(H,20,21). The molecule has 3 rings (SSSR count). The number of piperidine rings is 1. The molecular formula is C17H23FN2O2. The number of carbonyl (C=O) groups excluding carboxylic acids is 1. The quantitative estimate of drug-likeness (QED) is 0.879. The van der Waals surface area contributed by atoms with Crippen LogP contribution in [0.15, 0.2) is 18.2 Å². The second-order valence-corrected chi connectivity index (χ2v) is 6.31. The van der Waals surface area contributed by atoms with E-state index in [0.717, 1.165) is 12.8 Å². The van der Waals surface area contributed by atoms with E-state index >= 15 is 0 Å². The van der Waals surface area contributed by atoms with Gasteiger partial charge in [0.2, 0.25) is 5.91 Å². The number of carbonyl (C=O) groups is 1. The SMILES string of the molecule is CCOc1ccc(NC(=O)CC2CC3CCC(C2)N3)cc1F. The summed E-state index contributed by atoms with van der Waals surface area (Å²) >= 11 is 0. The first-order valence-corrected chi connectivity index (χ1v) is 8.12. The lowest BCUT2D eigenvalue weighted by Gasteiger charge is -2.28. The number of amides is 1. The Morgan fingerprint density at radius 2 is 2.09 bits per heavy atom. The Morgan fingerprint density at radius 1 is 1.36 bits per heavy atom. The lowest BCUT2D eigenvalue weighted by atomic mass is 9.89. The van der Waals surface area contributed by atoms with Crippen LogP contribution in [0.1, 0.15) is 39.0 Å². The van der Waals surface area contributed by atoms with Gasteiger partial charge in [0.1, 0.15) is 0 Å². The van der Waals surface area contributed by atoms with Crippen LogP contribution in [0.25, 0.3) is 0 Å². The highest BCUT2D eigenvalue weighted by Crippen LogP contribution is 2.33. The molecule has 1 aromatic rings. The molecule has 0 aromatic heterocycles. The van der Waals surface area contributed by atoms with Crippen LogP contribution in [0.4, 0.5) is 10.1 Å². The zero-order chi connectivity index (χ0) is 15.5. The highest BCUT2D eigenvalue weighted by atomic mass is 19.1.